The molecule has 2 N–H and O–H groups in total. The molecule has 6 nitrogen and oxygen atoms in total. The van der Waals surface area contributed by atoms with Gasteiger partial charge in [-0.25, -0.2) is 9.59 Å². The Hall–Kier alpha value is -2.24. The van der Waals surface area contributed by atoms with Crippen molar-refractivity contribution in [3.63, 3.8) is 0 Å². The number of benzene rings is 1. The molecule has 0 unspecified atom stereocenters. The fourth-order valence-corrected chi connectivity index (χ4v) is 3.24. The van der Waals surface area contributed by atoms with Gasteiger partial charge in [0.1, 0.15) is 0 Å². The zero-order chi connectivity index (χ0) is 19.1. The number of amides is 3. The topological polar surface area (TPSA) is 72.9 Å². The smallest absolute Gasteiger partial charge is 0.407 e. The van der Waals surface area contributed by atoms with Crippen LogP contribution in [0.15, 0.2) is 24.3 Å². The van der Waals surface area contributed by atoms with E-state index in [-0.39, 0.29) is 12.1 Å². The first-order valence-corrected chi connectivity index (χ1v) is 9.55. The van der Waals surface area contributed by atoms with Crippen LogP contribution in [0.1, 0.15) is 45.6 Å². The minimum atomic E-state index is -0.877. The summed E-state index contributed by atoms with van der Waals surface area (Å²) in [4.78, 5) is 27.3. The van der Waals surface area contributed by atoms with E-state index in [9.17, 15) is 9.59 Å². The summed E-state index contributed by atoms with van der Waals surface area (Å²) in [7, 11) is 0. The van der Waals surface area contributed by atoms with E-state index in [1.54, 1.807) is 0 Å². The molecule has 1 heterocycles. The molecule has 144 valence electrons. The Kier molecular flexibility index (Phi) is 7.30. The molecular weight excluding hydrogens is 330 g/mol. The Balaban J connectivity index is 2.02. The molecule has 0 aromatic heterocycles. The lowest BCUT2D eigenvalue weighted by atomic mass is 10.0. The van der Waals surface area contributed by atoms with Crippen LogP contribution in [0, 0.1) is 5.92 Å². The summed E-state index contributed by atoms with van der Waals surface area (Å²) in [5, 5.41) is 12.1. The third kappa shape index (κ3) is 5.64. The quantitative estimate of drug-likeness (QED) is 0.794. The monoisotopic (exact) mass is 361 g/mol. The Morgan fingerprint density at radius 1 is 1.23 bits per heavy atom. The normalized spacial score (nSPS) is 15.2. The number of urea groups is 1. The first-order chi connectivity index (χ1) is 12.4. The van der Waals surface area contributed by atoms with Crippen molar-refractivity contribution in [2.24, 2.45) is 5.92 Å². The van der Waals surface area contributed by atoms with E-state index in [1.807, 2.05) is 29.2 Å². The maximum Gasteiger partial charge on any atom is 0.407 e. The van der Waals surface area contributed by atoms with Crippen molar-refractivity contribution in [2.75, 3.05) is 25.0 Å². The van der Waals surface area contributed by atoms with Gasteiger partial charge in [-0.1, -0.05) is 32.9 Å². The summed E-state index contributed by atoms with van der Waals surface area (Å²) >= 11 is 0. The predicted molar refractivity (Wildman–Crippen MR) is 104 cm³/mol. The minimum absolute atomic E-state index is 0.0827. The van der Waals surface area contributed by atoms with E-state index in [0.717, 1.165) is 18.5 Å². The van der Waals surface area contributed by atoms with Crippen LogP contribution >= 0.6 is 0 Å². The molecule has 0 bridgehead atoms. The van der Waals surface area contributed by atoms with E-state index in [2.05, 4.69) is 26.1 Å². The van der Waals surface area contributed by atoms with Gasteiger partial charge < -0.3 is 20.2 Å². The van der Waals surface area contributed by atoms with Gasteiger partial charge in [0, 0.05) is 31.4 Å². The van der Waals surface area contributed by atoms with E-state index < -0.39 is 6.09 Å². The molecule has 26 heavy (non-hydrogen) atoms. The molecule has 2 rings (SSSR count). The molecule has 1 aromatic rings. The van der Waals surface area contributed by atoms with Crippen LogP contribution < -0.4 is 5.32 Å². The molecule has 0 spiro atoms. The van der Waals surface area contributed by atoms with Gasteiger partial charge in [0.15, 0.2) is 0 Å². The van der Waals surface area contributed by atoms with Crippen molar-refractivity contribution in [3.8, 4) is 0 Å². The van der Waals surface area contributed by atoms with Crippen LogP contribution in [-0.4, -0.2) is 52.7 Å². The number of carbonyl (C=O) groups excluding carboxylic acids is 1. The van der Waals surface area contributed by atoms with Crippen LogP contribution in [0.2, 0.25) is 0 Å². The molecule has 1 saturated heterocycles. The molecule has 0 aliphatic carbocycles. The standard InChI is InChI=1S/C20H31N3O3/c1-4-16-5-7-17(8-6-16)21-19(24)23(14-9-15(2)3)18-10-12-22(13-11-18)20(25)26/h5-8,15,18H,4,9-14H2,1-3H3,(H,21,24)(H,25,26). The van der Waals surface area contributed by atoms with Crippen LogP contribution in [-0.2, 0) is 6.42 Å². The first kappa shape index (κ1) is 20.1. The van der Waals surface area contributed by atoms with Gasteiger partial charge in [-0.3, -0.25) is 0 Å². The molecule has 1 aromatic carbocycles. The number of hydrogen-bond acceptors (Lipinski definition) is 2. The average molecular weight is 361 g/mol. The number of piperidine rings is 1. The molecule has 6 heteroatoms. The molecule has 1 aliphatic rings. The van der Waals surface area contributed by atoms with Gasteiger partial charge in [0.2, 0.25) is 0 Å². The lowest BCUT2D eigenvalue weighted by Gasteiger charge is -2.38. The van der Waals surface area contributed by atoms with Crippen molar-refractivity contribution in [1.82, 2.24) is 9.80 Å². The van der Waals surface area contributed by atoms with Gasteiger partial charge in [0.25, 0.3) is 0 Å². The van der Waals surface area contributed by atoms with Crippen molar-refractivity contribution in [3.05, 3.63) is 29.8 Å². The Labute approximate surface area is 156 Å². The number of carbonyl (C=O) groups is 2. The lowest BCUT2D eigenvalue weighted by molar-refractivity contribution is 0.106. The number of aryl methyl sites for hydroxylation is 1. The zero-order valence-corrected chi connectivity index (χ0v) is 16.1. The third-order valence-electron chi connectivity index (χ3n) is 5.00. The number of rotatable bonds is 6. The predicted octanol–water partition coefficient (Wildman–Crippen LogP) is 4.27. The van der Waals surface area contributed by atoms with Crippen LogP contribution in [0.4, 0.5) is 15.3 Å². The van der Waals surface area contributed by atoms with E-state index in [0.29, 0.717) is 38.4 Å². The highest BCUT2D eigenvalue weighted by Crippen LogP contribution is 2.20. The van der Waals surface area contributed by atoms with Crippen molar-refractivity contribution >= 4 is 17.8 Å². The maximum absolute atomic E-state index is 12.9. The van der Waals surface area contributed by atoms with E-state index in [1.165, 1.54) is 10.5 Å². The van der Waals surface area contributed by atoms with Crippen molar-refractivity contribution < 1.29 is 14.7 Å². The van der Waals surface area contributed by atoms with Crippen molar-refractivity contribution in [2.45, 2.75) is 52.5 Å². The fourth-order valence-electron chi connectivity index (χ4n) is 3.24. The van der Waals surface area contributed by atoms with Gasteiger partial charge in [-0.05, 0) is 49.3 Å². The highest BCUT2D eigenvalue weighted by molar-refractivity contribution is 5.89. The molecular formula is C20H31N3O3. The van der Waals surface area contributed by atoms with Crippen LogP contribution in [0.25, 0.3) is 0 Å². The van der Waals surface area contributed by atoms with Gasteiger partial charge in [0.05, 0.1) is 0 Å². The van der Waals surface area contributed by atoms with E-state index in [4.69, 9.17) is 5.11 Å². The Morgan fingerprint density at radius 2 is 1.85 bits per heavy atom. The zero-order valence-electron chi connectivity index (χ0n) is 16.1. The van der Waals surface area contributed by atoms with Crippen LogP contribution in [0.3, 0.4) is 0 Å². The molecule has 0 radical (unpaired) electrons. The van der Waals surface area contributed by atoms with E-state index >= 15 is 0 Å². The number of anilines is 1. The average Bonchev–Trinajstić information content (AvgIpc) is 2.62. The summed E-state index contributed by atoms with van der Waals surface area (Å²) in [6.07, 6.45) is 2.40. The van der Waals surface area contributed by atoms with Gasteiger partial charge >= 0.3 is 12.1 Å². The number of hydrogen-bond donors (Lipinski definition) is 2. The Morgan fingerprint density at radius 3 is 2.35 bits per heavy atom. The maximum atomic E-state index is 12.9. The van der Waals surface area contributed by atoms with Gasteiger partial charge in [-0.2, -0.15) is 0 Å². The highest BCUT2D eigenvalue weighted by Gasteiger charge is 2.29. The molecule has 0 saturated carbocycles. The fraction of sp³-hybridized carbons (Fsp3) is 0.600. The third-order valence-corrected chi connectivity index (χ3v) is 5.00. The number of nitrogens with one attached hydrogen (secondary N) is 1. The summed E-state index contributed by atoms with van der Waals surface area (Å²) in [5.41, 5.74) is 2.03. The second kappa shape index (κ2) is 9.46. The van der Waals surface area contributed by atoms with Crippen molar-refractivity contribution in [1.29, 1.82) is 0 Å². The number of nitrogens with zero attached hydrogens (tertiary/aromatic N) is 2. The molecule has 0 atom stereocenters. The SMILES string of the molecule is CCc1ccc(NC(=O)N(CCC(C)C)C2CCN(C(=O)O)CC2)cc1. The summed E-state index contributed by atoms with van der Waals surface area (Å²) in [5.74, 6) is 0.508. The first-order valence-electron chi connectivity index (χ1n) is 9.55. The number of carboxylic acid groups (broad SMARTS) is 1. The summed E-state index contributed by atoms with van der Waals surface area (Å²) < 4.78 is 0. The second-order valence-corrected chi connectivity index (χ2v) is 7.36. The molecule has 1 fully saturated rings. The minimum Gasteiger partial charge on any atom is -0.465 e. The highest BCUT2D eigenvalue weighted by atomic mass is 16.4. The Bertz CT molecular complexity index is 593. The summed E-state index contributed by atoms with van der Waals surface area (Å²) in [6.45, 7) is 8.05. The molecule has 3 amide bonds. The largest absolute Gasteiger partial charge is 0.465 e. The number of likely N-dealkylation sites (tertiary alicyclic amines) is 1. The molecule has 1 aliphatic heterocycles. The van der Waals surface area contributed by atoms with Gasteiger partial charge in [-0.15, -0.1) is 0 Å². The lowest BCUT2D eigenvalue weighted by Crippen LogP contribution is -2.50. The second-order valence-electron chi connectivity index (χ2n) is 7.36. The summed E-state index contributed by atoms with van der Waals surface area (Å²) in [6, 6.07) is 7.91. The van der Waals surface area contributed by atoms with Crippen LogP contribution in [0.5, 0.6) is 0 Å².